The van der Waals surface area contributed by atoms with Crippen LogP contribution in [0.4, 0.5) is 4.39 Å². The second-order valence-electron chi connectivity index (χ2n) is 2.94. The van der Waals surface area contributed by atoms with Crippen LogP contribution in [0.3, 0.4) is 0 Å². The standard InChI is InChI=1S/C10H6ClFN2O/c11-9-5-8(10(15)14-13-9)6-1-3-7(12)4-2-6/h1-5H,(H,14,15). The topological polar surface area (TPSA) is 45.8 Å². The Morgan fingerprint density at radius 2 is 1.93 bits per heavy atom. The van der Waals surface area contributed by atoms with Crippen LogP contribution in [0.15, 0.2) is 35.1 Å². The highest BCUT2D eigenvalue weighted by molar-refractivity contribution is 6.29. The summed E-state index contributed by atoms with van der Waals surface area (Å²) >= 11 is 5.64. The van der Waals surface area contributed by atoms with Crippen LogP contribution in [0.2, 0.25) is 5.15 Å². The number of halogens is 2. The third kappa shape index (κ3) is 2.05. The van der Waals surface area contributed by atoms with E-state index in [1.54, 1.807) is 0 Å². The lowest BCUT2D eigenvalue weighted by molar-refractivity contribution is 0.628. The van der Waals surface area contributed by atoms with Crippen molar-refractivity contribution in [1.82, 2.24) is 10.2 Å². The zero-order chi connectivity index (χ0) is 10.8. The Kier molecular flexibility index (Phi) is 2.51. The quantitative estimate of drug-likeness (QED) is 0.808. The maximum atomic E-state index is 12.7. The van der Waals surface area contributed by atoms with Gasteiger partial charge < -0.3 is 0 Å². The molecule has 0 saturated heterocycles. The maximum absolute atomic E-state index is 12.7. The summed E-state index contributed by atoms with van der Waals surface area (Å²) in [7, 11) is 0. The van der Waals surface area contributed by atoms with Gasteiger partial charge in [0.1, 0.15) is 11.0 Å². The molecule has 0 fully saturated rings. The average Bonchev–Trinajstić information content (AvgIpc) is 2.23. The van der Waals surface area contributed by atoms with Crippen molar-refractivity contribution in [3.8, 4) is 11.1 Å². The molecule has 15 heavy (non-hydrogen) atoms. The van der Waals surface area contributed by atoms with E-state index in [1.165, 1.54) is 30.3 Å². The molecule has 0 aliphatic heterocycles. The molecule has 0 saturated carbocycles. The van der Waals surface area contributed by atoms with E-state index in [2.05, 4.69) is 10.2 Å². The van der Waals surface area contributed by atoms with Gasteiger partial charge in [0.15, 0.2) is 0 Å². The van der Waals surface area contributed by atoms with Gasteiger partial charge in [-0.05, 0) is 23.8 Å². The summed E-state index contributed by atoms with van der Waals surface area (Å²) < 4.78 is 12.7. The van der Waals surface area contributed by atoms with E-state index in [1.807, 2.05) is 0 Å². The van der Waals surface area contributed by atoms with E-state index in [0.29, 0.717) is 11.1 Å². The summed E-state index contributed by atoms with van der Waals surface area (Å²) in [6.07, 6.45) is 0. The predicted molar refractivity (Wildman–Crippen MR) is 55.3 cm³/mol. The van der Waals surface area contributed by atoms with Crippen molar-refractivity contribution in [3.63, 3.8) is 0 Å². The summed E-state index contributed by atoms with van der Waals surface area (Å²) in [5.41, 5.74) is 0.614. The molecule has 5 heteroatoms. The number of hydrogen-bond acceptors (Lipinski definition) is 2. The molecule has 0 aliphatic carbocycles. The molecule has 0 aliphatic rings. The van der Waals surface area contributed by atoms with Crippen molar-refractivity contribution >= 4 is 11.6 Å². The van der Waals surface area contributed by atoms with Gasteiger partial charge in [-0.25, -0.2) is 9.49 Å². The molecule has 3 nitrogen and oxygen atoms in total. The first kappa shape index (κ1) is 9.86. The smallest absolute Gasteiger partial charge is 0.267 e. The third-order valence-electron chi connectivity index (χ3n) is 1.93. The first-order chi connectivity index (χ1) is 7.16. The van der Waals surface area contributed by atoms with Gasteiger partial charge in [0.2, 0.25) is 0 Å². The number of rotatable bonds is 1. The van der Waals surface area contributed by atoms with Crippen molar-refractivity contribution in [2.24, 2.45) is 0 Å². The van der Waals surface area contributed by atoms with Crippen molar-refractivity contribution < 1.29 is 4.39 Å². The van der Waals surface area contributed by atoms with Gasteiger partial charge in [0.05, 0.1) is 5.56 Å². The third-order valence-corrected chi connectivity index (χ3v) is 2.12. The monoisotopic (exact) mass is 224 g/mol. The molecule has 2 aromatic rings. The molecule has 0 unspecified atom stereocenters. The van der Waals surface area contributed by atoms with Crippen molar-refractivity contribution in [2.75, 3.05) is 0 Å². The molecule has 0 amide bonds. The Bertz CT molecular complexity index is 536. The number of aromatic amines is 1. The van der Waals surface area contributed by atoms with E-state index >= 15 is 0 Å². The number of aromatic nitrogens is 2. The van der Waals surface area contributed by atoms with E-state index in [-0.39, 0.29) is 16.5 Å². The average molecular weight is 225 g/mol. The van der Waals surface area contributed by atoms with Crippen LogP contribution in [0.1, 0.15) is 0 Å². The Morgan fingerprint density at radius 3 is 2.60 bits per heavy atom. The van der Waals surface area contributed by atoms with Crippen LogP contribution >= 0.6 is 11.6 Å². The van der Waals surface area contributed by atoms with Crippen molar-refractivity contribution in [1.29, 1.82) is 0 Å². The normalized spacial score (nSPS) is 10.3. The molecular weight excluding hydrogens is 219 g/mol. The molecular formula is C10H6ClFN2O. The summed E-state index contributed by atoms with van der Waals surface area (Å²) in [5.74, 6) is -0.352. The van der Waals surface area contributed by atoms with Crippen molar-refractivity contribution in [3.05, 3.63) is 51.7 Å². The molecule has 1 heterocycles. The second-order valence-corrected chi connectivity index (χ2v) is 3.33. The van der Waals surface area contributed by atoms with Crippen LogP contribution in [-0.2, 0) is 0 Å². The van der Waals surface area contributed by atoms with Crippen LogP contribution in [0.25, 0.3) is 11.1 Å². The van der Waals surface area contributed by atoms with E-state index in [9.17, 15) is 9.18 Å². The minimum absolute atomic E-state index is 0.189. The minimum Gasteiger partial charge on any atom is -0.267 e. The molecule has 1 aromatic carbocycles. The van der Waals surface area contributed by atoms with E-state index in [4.69, 9.17) is 11.6 Å². The summed E-state index contributed by atoms with van der Waals surface area (Å²) in [6, 6.07) is 7.02. The zero-order valence-corrected chi connectivity index (χ0v) is 8.25. The number of hydrogen-bond donors (Lipinski definition) is 1. The fraction of sp³-hybridized carbons (Fsp3) is 0. The van der Waals surface area contributed by atoms with Crippen LogP contribution < -0.4 is 5.56 Å². The lowest BCUT2D eigenvalue weighted by Crippen LogP contribution is -2.10. The maximum Gasteiger partial charge on any atom is 0.272 e. The molecule has 0 bridgehead atoms. The SMILES string of the molecule is O=c1[nH]nc(Cl)cc1-c1ccc(F)cc1. The number of H-pyrrole nitrogens is 1. The van der Waals surface area contributed by atoms with Crippen LogP contribution in [-0.4, -0.2) is 10.2 Å². The largest absolute Gasteiger partial charge is 0.272 e. The number of benzene rings is 1. The van der Waals surface area contributed by atoms with Gasteiger partial charge in [-0.3, -0.25) is 4.79 Å². The molecule has 1 aromatic heterocycles. The molecule has 0 spiro atoms. The van der Waals surface area contributed by atoms with Crippen molar-refractivity contribution in [2.45, 2.75) is 0 Å². The minimum atomic E-state index is -0.356. The van der Waals surface area contributed by atoms with Crippen LogP contribution in [0.5, 0.6) is 0 Å². The summed E-state index contributed by atoms with van der Waals surface area (Å²) in [6.45, 7) is 0. The molecule has 0 atom stereocenters. The van der Waals surface area contributed by atoms with Gasteiger partial charge >= 0.3 is 0 Å². The number of nitrogens with zero attached hydrogens (tertiary/aromatic N) is 1. The fourth-order valence-electron chi connectivity index (χ4n) is 1.23. The first-order valence-corrected chi connectivity index (χ1v) is 4.56. The Labute approximate surface area is 89.5 Å². The molecule has 1 N–H and O–H groups in total. The molecule has 2 rings (SSSR count). The number of nitrogens with one attached hydrogen (secondary N) is 1. The first-order valence-electron chi connectivity index (χ1n) is 4.18. The Balaban J connectivity index is 2.58. The Morgan fingerprint density at radius 1 is 1.27 bits per heavy atom. The Hall–Kier alpha value is -1.68. The van der Waals surface area contributed by atoms with E-state index < -0.39 is 0 Å². The highest BCUT2D eigenvalue weighted by atomic mass is 35.5. The lowest BCUT2D eigenvalue weighted by atomic mass is 10.1. The molecule has 0 radical (unpaired) electrons. The van der Waals surface area contributed by atoms with E-state index in [0.717, 1.165) is 0 Å². The summed E-state index contributed by atoms with van der Waals surface area (Å²) in [4.78, 5) is 11.4. The van der Waals surface area contributed by atoms with Crippen LogP contribution in [0, 0.1) is 5.82 Å². The fourth-order valence-corrected chi connectivity index (χ4v) is 1.38. The van der Waals surface area contributed by atoms with Gasteiger partial charge in [-0.15, -0.1) is 0 Å². The summed E-state index contributed by atoms with van der Waals surface area (Å²) in [5, 5.41) is 5.98. The predicted octanol–water partition coefficient (Wildman–Crippen LogP) is 2.23. The molecule has 76 valence electrons. The zero-order valence-electron chi connectivity index (χ0n) is 7.50. The highest BCUT2D eigenvalue weighted by Crippen LogP contribution is 2.17. The van der Waals surface area contributed by atoms with Gasteiger partial charge in [-0.1, -0.05) is 23.7 Å². The van der Waals surface area contributed by atoms with Gasteiger partial charge in [0, 0.05) is 0 Å². The second kappa shape index (κ2) is 3.82. The highest BCUT2D eigenvalue weighted by Gasteiger charge is 2.04. The van der Waals surface area contributed by atoms with Gasteiger partial charge in [0.25, 0.3) is 5.56 Å². The lowest BCUT2D eigenvalue weighted by Gasteiger charge is -1.99. The van der Waals surface area contributed by atoms with Gasteiger partial charge in [-0.2, -0.15) is 5.10 Å².